The Balaban J connectivity index is 2.33. The number of nitrogens with zero attached hydrogens (tertiary/aromatic N) is 1. The molecule has 5 heteroatoms. The Morgan fingerprint density at radius 1 is 1.80 bits per heavy atom. The van der Waals surface area contributed by atoms with Crippen LogP contribution in [0.2, 0.25) is 0 Å². The number of amides is 1. The number of hydrogen-bond donors (Lipinski definition) is 0. The van der Waals surface area contributed by atoms with Gasteiger partial charge in [-0.25, -0.2) is 13.8 Å². The SMILES string of the molecule is O=C1[CH]CON1CC(F)F. The van der Waals surface area contributed by atoms with Crippen LogP contribution in [-0.2, 0) is 9.63 Å². The molecule has 1 amide bonds. The molecule has 1 aliphatic heterocycles. The number of rotatable bonds is 2. The molecule has 0 aromatic rings. The molecule has 1 aliphatic rings. The molecule has 1 saturated heterocycles. The summed E-state index contributed by atoms with van der Waals surface area (Å²) in [6.07, 6.45) is -1.32. The second-order valence-corrected chi connectivity index (χ2v) is 1.79. The van der Waals surface area contributed by atoms with Crippen LogP contribution < -0.4 is 0 Å². The summed E-state index contributed by atoms with van der Waals surface area (Å²) in [5.74, 6) is -0.486. The smallest absolute Gasteiger partial charge is 0.258 e. The monoisotopic (exact) mass is 150 g/mol. The van der Waals surface area contributed by atoms with Gasteiger partial charge in [0.25, 0.3) is 12.3 Å². The topological polar surface area (TPSA) is 29.5 Å². The van der Waals surface area contributed by atoms with Crippen molar-refractivity contribution in [3.05, 3.63) is 6.42 Å². The summed E-state index contributed by atoms with van der Waals surface area (Å²) in [6.45, 7) is -0.541. The van der Waals surface area contributed by atoms with E-state index in [1.807, 2.05) is 0 Å². The van der Waals surface area contributed by atoms with Crippen molar-refractivity contribution in [2.75, 3.05) is 13.2 Å². The number of alkyl halides is 2. The molecule has 1 rings (SSSR count). The molecule has 0 aromatic carbocycles. The minimum absolute atomic E-state index is 0.103. The van der Waals surface area contributed by atoms with Crippen molar-refractivity contribution in [2.45, 2.75) is 6.43 Å². The Bertz CT molecular complexity index is 140. The average molecular weight is 150 g/mol. The summed E-state index contributed by atoms with van der Waals surface area (Å²) < 4.78 is 23.1. The van der Waals surface area contributed by atoms with Crippen molar-refractivity contribution in [3.8, 4) is 0 Å². The highest BCUT2D eigenvalue weighted by molar-refractivity contribution is 5.85. The van der Waals surface area contributed by atoms with Gasteiger partial charge in [0, 0.05) is 0 Å². The molecule has 0 unspecified atom stereocenters. The molecule has 0 bridgehead atoms. The maximum Gasteiger partial charge on any atom is 0.258 e. The van der Waals surface area contributed by atoms with E-state index in [9.17, 15) is 13.6 Å². The minimum Gasteiger partial charge on any atom is -0.272 e. The van der Waals surface area contributed by atoms with Gasteiger partial charge in [0.05, 0.1) is 13.0 Å². The summed E-state index contributed by atoms with van der Waals surface area (Å²) in [4.78, 5) is 15.0. The van der Waals surface area contributed by atoms with Gasteiger partial charge in [0.1, 0.15) is 6.54 Å². The molecule has 1 heterocycles. The highest BCUT2D eigenvalue weighted by Crippen LogP contribution is 2.07. The standard InChI is InChI=1S/C5H6F2NO2/c6-4(7)3-8-5(9)1-2-10-8/h1,4H,2-3H2. The van der Waals surface area contributed by atoms with E-state index < -0.39 is 18.9 Å². The van der Waals surface area contributed by atoms with Crippen molar-refractivity contribution in [1.82, 2.24) is 5.06 Å². The zero-order valence-corrected chi connectivity index (χ0v) is 5.09. The van der Waals surface area contributed by atoms with Crippen molar-refractivity contribution in [3.63, 3.8) is 0 Å². The van der Waals surface area contributed by atoms with Crippen LogP contribution in [0.25, 0.3) is 0 Å². The highest BCUT2D eigenvalue weighted by atomic mass is 19.3. The Morgan fingerprint density at radius 2 is 2.50 bits per heavy atom. The van der Waals surface area contributed by atoms with Crippen molar-refractivity contribution < 1.29 is 18.4 Å². The highest BCUT2D eigenvalue weighted by Gasteiger charge is 2.24. The Kier molecular flexibility index (Phi) is 2.16. The van der Waals surface area contributed by atoms with E-state index in [1.54, 1.807) is 0 Å². The third kappa shape index (κ3) is 1.63. The molecule has 0 N–H and O–H groups in total. The van der Waals surface area contributed by atoms with E-state index in [1.165, 1.54) is 6.42 Å². The first-order chi connectivity index (χ1) is 4.70. The van der Waals surface area contributed by atoms with Gasteiger partial charge in [-0.1, -0.05) is 0 Å². The molecule has 0 aromatic heterocycles. The predicted octanol–water partition coefficient (Wildman–Crippen LogP) is 0.230. The van der Waals surface area contributed by atoms with E-state index in [-0.39, 0.29) is 6.61 Å². The number of hydrogen-bond acceptors (Lipinski definition) is 2. The van der Waals surface area contributed by atoms with Crippen molar-refractivity contribution in [1.29, 1.82) is 0 Å². The van der Waals surface area contributed by atoms with Gasteiger partial charge in [-0.15, -0.1) is 0 Å². The van der Waals surface area contributed by atoms with Gasteiger partial charge in [-0.3, -0.25) is 9.63 Å². The minimum atomic E-state index is -2.53. The lowest BCUT2D eigenvalue weighted by molar-refractivity contribution is -0.169. The first-order valence-corrected chi connectivity index (χ1v) is 2.76. The number of hydroxylamine groups is 2. The van der Waals surface area contributed by atoms with Gasteiger partial charge in [-0.05, 0) is 0 Å². The summed E-state index contributed by atoms with van der Waals surface area (Å²) in [6, 6.07) is 0. The molecule has 0 aliphatic carbocycles. The molecule has 1 radical (unpaired) electrons. The van der Waals surface area contributed by atoms with Gasteiger partial charge in [0.2, 0.25) is 0 Å². The van der Waals surface area contributed by atoms with E-state index in [0.717, 1.165) is 0 Å². The van der Waals surface area contributed by atoms with E-state index >= 15 is 0 Å². The second-order valence-electron chi connectivity index (χ2n) is 1.79. The first-order valence-electron chi connectivity index (χ1n) is 2.76. The van der Waals surface area contributed by atoms with E-state index in [4.69, 9.17) is 0 Å². The zero-order valence-electron chi connectivity index (χ0n) is 5.09. The molecule has 3 nitrogen and oxygen atoms in total. The summed E-state index contributed by atoms with van der Waals surface area (Å²) >= 11 is 0. The predicted molar refractivity (Wildman–Crippen MR) is 28.0 cm³/mol. The second kappa shape index (κ2) is 2.92. The third-order valence-electron chi connectivity index (χ3n) is 1.04. The normalized spacial score (nSPS) is 19.1. The lowest BCUT2D eigenvalue weighted by Gasteiger charge is -2.11. The Labute approximate surface area is 56.5 Å². The average Bonchev–Trinajstić information content (AvgIpc) is 2.15. The summed E-state index contributed by atoms with van der Waals surface area (Å²) in [5, 5.41) is 0.657. The van der Waals surface area contributed by atoms with Gasteiger partial charge >= 0.3 is 0 Å². The fraction of sp³-hybridized carbons (Fsp3) is 0.600. The Hall–Kier alpha value is -0.710. The van der Waals surface area contributed by atoms with Crippen LogP contribution in [0.1, 0.15) is 0 Å². The Morgan fingerprint density at radius 3 is 2.90 bits per heavy atom. The number of halogens is 2. The van der Waals surface area contributed by atoms with Crippen LogP contribution >= 0.6 is 0 Å². The lowest BCUT2D eigenvalue weighted by atomic mass is 10.4. The van der Waals surface area contributed by atoms with E-state index in [0.29, 0.717) is 5.06 Å². The van der Waals surface area contributed by atoms with Gasteiger partial charge < -0.3 is 0 Å². The fourth-order valence-corrected chi connectivity index (χ4v) is 0.632. The molecular weight excluding hydrogens is 144 g/mol. The lowest BCUT2D eigenvalue weighted by Crippen LogP contribution is -2.28. The molecule has 0 atom stereocenters. The molecule has 0 saturated carbocycles. The van der Waals surface area contributed by atoms with Gasteiger partial charge in [0.15, 0.2) is 0 Å². The zero-order chi connectivity index (χ0) is 7.56. The van der Waals surface area contributed by atoms with Crippen LogP contribution in [-0.4, -0.2) is 30.5 Å². The number of carbonyl (C=O) groups excluding carboxylic acids is 1. The molecular formula is C5H6F2NO2. The number of carbonyl (C=O) groups is 1. The summed E-state index contributed by atoms with van der Waals surface area (Å²) in [5.41, 5.74) is 0. The van der Waals surface area contributed by atoms with Gasteiger partial charge in [-0.2, -0.15) is 0 Å². The molecule has 1 fully saturated rings. The van der Waals surface area contributed by atoms with Crippen LogP contribution in [0.3, 0.4) is 0 Å². The maximum absolute atomic E-state index is 11.6. The maximum atomic E-state index is 11.6. The first kappa shape index (κ1) is 7.40. The van der Waals surface area contributed by atoms with Crippen molar-refractivity contribution in [2.24, 2.45) is 0 Å². The fourth-order valence-electron chi connectivity index (χ4n) is 0.632. The largest absolute Gasteiger partial charge is 0.272 e. The van der Waals surface area contributed by atoms with Crippen LogP contribution in [0, 0.1) is 6.42 Å². The van der Waals surface area contributed by atoms with Crippen LogP contribution in [0.4, 0.5) is 8.78 Å². The van der Waals surface area contributed by atoms with Crippen molar-refractivity contribution >= 4 is 5.91 Å². The molecule has 0 spiro atoms. The quantitative estimate of drug-likeness (QED) is 0.563. The summed E-state index contributed by atoms with van der Waals surface area (Å²) in [7, 11) is 0. The molecule has 10 heavy (non-hydrogen) atoms. The van der Waals surface area contributed by atoms with E-state index in [2.05, 4.69) is 4.84 Å². The van der Waals surface area contributed by atoms with Crippen LogP contribution in [0.5, 0.6) is 0 Å². The molecule has 57 valence electrons. The third-order valence-corrected chi connectivity index (χ3v) is 1.04. The van der Waals surface area contributed by atoms with Crippen LogP contribution in [0.15, 0.2) is 0 Å².